The second kappa shape index (κ2) is 9.34. The third-order valence-electron chi connectivity index (χ3n) is 4.96. The van der Waals surface area contributed by atoms with E-state index in [1.165, 1.54) is 24.3 Å². The molecule has 156 valence electrons. The fourth-order valence-corrected chi connectivity index (χ4v) is 5.11. The zero-order chi connectivity index (χ0) is 21.0. The number of anilines is 1. The van der Waals surface area contributed by atoms with E-state index < -0.39 is 10.0 Å². The number of nitrogens with zero attached hydrogens (tertiary/aromatic N) is 3. The van der Waals surface area contributed by atoms with Gasteiger partial charge in [0.1, 0.15) is 6.54 Å². The van der Waals surface area contributed by atoms with Gasteiger partial charge in [-0.1, -0.05) is 48.3 Å². The minimum Gasteiger partial charge on any atom is -0.339 e. The van der Waals surface area contributed by atoms with E-state index >= 15 is 0 Å². The molecule has 0 spiro atoms. The number of likely N-dealkylation sites (N-methyl/N-ethyl adjacent to an activating group) is 1. The maximum Gasteiger partial charge on any atom is 0.264 e. The molecule has 0 N–H and O–H groups in total. The van der Waals surface area contributed by atoms with Crippen LogP contribution in [0.25, 0.3) is 0 Å². The largest absolute Gasteiger partial charge is 0.339 e. The zero-order valence-electron chi connectivity index (χ0n) is 16.1. The summed E-state index contributed by atoms with van der Waals surface area (Å²) in [6.45, 7) is 5.33. The van der Waals surface area contributed by atoms with Crippen LogP contribution in [0.4, 0.5) is 5.69 Å². The molecule has 1 fully saturated rings. The summed E-state index contributed by atoms with van der Waals surface area (Å²) in [5.74, 6) is -0.267. The number of hydrogen-bond acceptors (Lipinski definition) is 4. The van der Waals surface area contributed by atoms with Crippen molar-refractivity contribution in [2.75, 3.05) is 43.6 Å². The number of carbonyl (C=O) groups is 1. The van der Waals surface area contributed by atoms with Crippen LogP contribution in [0.2, 0.25) is 10.0 Å². The highest BCUT2D eigenvalue weighted by Gasteiger charge is 2.31. The fraction of sp³-hybridized carbons (Fsp3) is 0.350. The highest BCUT2D eigenvalue weighted by Crippen LogP contribution is 2.33. The van der Waals surface area contributed by atoms with Crippen LogP contribution in [-0.2, 0) is 14.8 Å². The lowest BCUT2D eigenvalue weighted by molar-refractivity contribution is -0.131. The SMILES string of the molecule is CCN1CCN(C(=O)CN(c2cc(Cl)ccc2Cl)S(=O)(=O)c2ccccc2)CC1. The van der Waals surface area contributed by atoms with Crippen molar-refractivity contribution in [1.29, 1.82) is 0 Å². The Kier molecular flexibility index (Phi) is 7.05. The molecule has 3 rings (SSSR count). The molecule has 1 amide bonds. The van der Waals surface area contributed by atoms with Gasteiger partial charge in [0.25, 0.3) is 10.0 Å². The molecule has 0 bridgehead atoms. The number of carbonyl (C=O) groups excluding carboxylic acids is 1. The average Bonchev–Trinajstić information content (AvgIpc) is 2.74. The van der Waals surface area contributed by atoms with Gasteiger partial charge < -0.3 is 9.80 Å². The predicted molar refractivity (Wildman–Crippen MR) is 116 cm³/mol. The van der Waals surface area contributed by atoms with Gasteiger partial charge in [0.15, 0.2) is 0 Å². The number of piperazine rings is 1. The molecular formula is C20H23Cl2N3O3S. The Hall–Kier alpha value is -1.80. The second-order valence-corrected chi connectivity index (χ2v) is 9.44. The van der Waals surface area contributed by atoms with E-state index in [0.717, 1.165) is 23.9 Å². The number of benzene rings is 2. The van der Waals surface area contributed by atoms with Gasteiger partial charge in [-0.3, -0.25) is 9.10 Å². The Morgan fingerprint density at radius 3 is 2.31 bits per heavy atom. The summed E-state index contributed by atoms with van der Waals surface area (Å²) < 4.78 is 27.8. The third kappa shape index (κ3) is 5.04. The number of rotatable bonds is 6. The monoisotopic (exact) mass is 455 g/mol. The first kappa shape index (κ1) is 21.9. The van der Waals surface area contributed by atoms with Gasteiger partial charge in [-0.2, -0.15) is 0 Å². The summed E-state index contributed by atoms with van der Waals surface area (Å²) in [6.07, 6.45) is 0. The van der Waals surface area contributed by atoms with Gasteiger partial charge >= 0.3 is 0 Å². The topological polar surface area (TPSA) is 60.9 Å². The first-order chi connectivity index (χ1) is 13.8. The molecule has 0 saturated carbocycles. The number of halogens is 2. The van der Waals surface area contributed by atoms with Crippen molar-refractivity contribution in [3.63, 3.8) is 0 Å². The van der Waals surface area contributed by atoms with E-state index in [4.69, 9.17) is 23.2 Å². The van der Waals surface area contributed by atoms with Crippen LogP contribution in [0.15, 0.2) is 53.4 Å². The maximum absolute atomic E-state index is 13.4. The molecule has 0 aromatic heterocycles. The summed E-state index contributed by atoms with van der Waals surface area (Å²) in [5.41, 5.74) is 0.184. The Balaban J connectivity index is 1.94. The molecule has 1 heterocycles. The molecule has 6 nitrogen and oxygen atoms in total. The first-order valence-corrected chi connectivity index (χ1v) is 11.6. The van der Waals surface area contributed by atoms with Crippen molar-refractivity contribution in [2.45, 2.75) is 11.8 Å². The lowest BCUT2D eigenvalue weighted by Gasteiger charge is -2.35. The second-order valence-electron chi connectivity index (χ2n) is 6.74. The molecule has 2 aromatic carbocycles. The van der Waals surface area contributed by atoms with Crippen LogP contribution in [-0.4, -0.2) is 63.4 Å². The summed E-state index contributed by atoms with van der Waals surface area (Å²) >= 11 is 12.4. The molecule has 2 aromatic rings. The first-order valence-electron chi connectivity index (χ1n) is 9.36. The lowest BCUT2D eigenvalue weighted by atomic mass is 10.3. The van der Waals surface area contributed by atoms with Crippen LogP contribution in [0.1, 0.15) is 6.92 Å². The highest BCUT2D eigenvalue weighted by molar-refractivity contribution is 7.92. The Labute approximate surface area is 181 Å². The quantitative estimate of drug-likeness (QED) is 0.669. The molecular weight excluding hydrogens is 433 g/mol. The lowest BCUT2D eigenvalue weighted by Crippen LogP contribution is -2.51. The maximum atomic E-state index is 13.4. The molecule has 0 atom stereocenters. The van der Waals surface area contributed by atoms with E-state index in [1.54, 1.807) is 29.2 Å². The van der Waals surface area contributed by atoms with Crippen molar-refractivity contribution in [3.05, 3.63) is 58.6 Å². The van der Waals surface area contributed by atoms with Gasteiger partial charge in [0.05, 0.1) is 15.6 Å². The van der Waals surface area contributed by atoms with E-state index in [2.05, 4.69) is 11.8 Å². The van der Waals surface area contributed by atoms with Crippen LogP contribution in [0.5, 0.6) is 0 Å². The molecule has 29 heavy (non-hydrogen) atoms. The van der Waals surface area contributed by atoms with Crippen LogP contribution in [0.3, 0.4) is 0 Å². The van der Waals surface area contributed by atoms with E-state index in [0.29, 0.717) is 18.1 Å². The minimum atomic E-state index is -4.01. The van der Waals surface area contributed by atoms with Crippen LogP contribution in [0, 0.1) is 0 Å². The van der Waals surface area contributed by atoms with Crippen molar-refractivity contribution in [1.82, 2.24) is 9.80 Å². The highest BCUT2D eigenvalue weighted by atomic mass is 35.5. The number of hydrogen-bond donors (Lipinski definition) is 0. The molecule has 1 aliphatic heterocycles. The van der Waals surface area contributed by atoms with Gasteiger partial charge in [0.2, 0.25) is 5.91 Å². The molecule has 0 aliphatic carbocycles. The molecule has 9 heteroatoms. The average molecular weight is 456 g/mol. The Morgan fingerprint density at radius 1 is 1.03 bits per heavy atom. The van der Waals surface area contributed by atoms with E-state index in [9.17, 15) is 13.2 Å². The van der Waals surface area contributed by atoms with Crippen LogP contribution < -0.4 is 4.31 Å². The molecule has 0 unspecified atom stereocenters. The normalized spacial score (nSPS) is 15.3. The number of amides is 1. The number of sulfonamides is 1. The Morgan fingerprint density at radius 2 is 1.69 bits per heavy atom. The van der Waals surface area contributed by atoms with Crippen molar-refractivity contribution < 1.29 is 13.2 Å². The van der Waals surface area contributed by atoms with Gasteiger partial charge in [-0.05, 0) is 36.9 Å². The van der Waals surface area contributed by atoms with E-state index in [1.807, 2.05) is 0 Å². The van der Waals surface area contributed by atoms with Crippen molar-refractivity contribution in [3.8, 4) is 0 Å². The summed E-state index contributed by atoms with van der Waals surface area (Å²) in [5, 5.41) is 0.541. The Bertz CT molecular complexity index is 962. The molecule has 0 radical (unpaired) electrons. The standard InChI is InChI=1S/C20H23Cl2N3O3S/c1-2-23-10-12-24(13-11-23)20(26)15-25(19-14-16(21)8-9-18(19)22)29(27,28)17-6-4-3-5-7-17/h3-9,14H,2,10-13,15H2,1H3. The predicted octanol–water partition coefficient (Wildman–Crippen LogP) is 3.35. The van der Waals surface area contributed by atoms with Gasteiger partial charge in [-0.25, -0.2) is 8.42 Å². The van der Waals surface area contributed by atoms with Gasteiger partial charge in [-0.15, -0.1) is 0 Å². The minimum absolute atomic E-state index is 0.0830. The van der Waals surface area contributed by atoms with Crippen LogP contribution >= 0.6 is 23.2 Å². The van der Waals surface area contributed by atoms with Crippen molar-refractivity contribution in [2.24, 2.45) is 0 Å². The van der Waals surface area contributed by atoms with Gasteiger partial charge in [0, 0.05) is 31.2 Å². The summed E-state index contributed by atoms with van der Waals surface area (Å²) in [6, 6.07) is 12.5. The fourth-order valence-electron chi connectivity index (χ4n) is 3.23. The molecule has 1 saturated heterocycles. The van der Waals surface area contributed by atoms with E-state index in [-0.39, 0.29) is 28.1 Å². The zero-order valence-corrected chi connectivity index (χ0v) is 18.4. The third-order valence-corrected chi connectivity index (χ3v) is 7.29. The van der Waals surface area contributed by atoms with Crippen molar-refractivity contribution >= 4 is 44.8 Å². The summed E-state index contributed by atoms with van der Waals surface area (Å²) in [4.78, 5) is 17.0. The molecule has 1 aliphatic rings. The summed E-state index contributed by atoms with van der Waals surface area (Å²) in [7, 11) is -4.01. The smallest absolute Gasteiger partial charge is 0.264 e.